The second-order valence-electron chi connectivity index (χ2n) is 12.3. The molecule has 1 aliphatic carbocycles. The molecule has 2 aromatic heterocycles. The van der Waals surface area contributed by atoms with Gasteiger partial charge in [0.2, 0.25) is 0 Å². The number of thiazole rings is 1. The van der Waals surface area contributed by atoms with Crippen molar-refractivity contribution in [3.8, 4) is 44.0 Å². The van der Waals surface area contributed by atoms with Gasteiger partial charge < -0.3 is 4.42 Å². The smallest absolute Gasteiger partial charge is 0.143 e. The summed E-state index contributed by atoms with van der Waals surface area (Å²) in [6, 6.07) is 50.6. The van der Waals surface area contributed by atoms with Crippen LogP contribution in [0.15, 0.2) is 144 Å². The van der Waals surface area contributed by atoms with E-state index in [2.05, 4.69) is 133 Å². The van der Waals surface area contributed by atoms with Gasteiger partial charge in [0, 0.05) is 32.5 Å². The number of benzene rings is 8. The molecule has 0 amide bonds. The fraction of sp³-hybridized carbons (Fsp3) is 0. The average molecular weight is 602 g/mol. The van der Waals surface area contributed by atoms with Gasteiger partial charge >= 0.3 is 0 Å². The number of para-hydroxylation sites is 1. The molecule has 2 heterocycles. The minimum atomic E-state index is 0.935. The highest BCUT2D eigenvalue weighted by Gasteiger charge is 2.25. The minimum Gasteiger partial charge on any atom is -0.455 e. The first-order chi connectivity index (χ1) is 22.8. The lowest BCUT2D eigenvalue weighted by Gasteiger charge is -2.10. The first-order valence-electron chi connectivity index (χ1n) is 15.6. The highest BCUT2D eigenvalue weighted by Crippen LogP contribution is 2.51. The molecule has 3 heteroatoms. The Morgan fingerprint density at radius 3 is 2.20 bits per heavy atom. The standard InChI is InChI=1S/C43H23NOS/c1-2-7-26(8-3-1)43-44-37-20-18-25-15-13-24-14-16-27(21-33(24)39(25)42(37)46-43)28-17-19-29-31-10-6-11-32-40(31)35(34(29)22-28)23-36-30-9-4-5-12-38(30)45-41(32)36/h1-23H. The summed E-state index contributed by atoms with van der Waals surface area (Å²) in [5.74, 6) is 0. The van der Waals surface area contributed by atoms with Crippen LogP contribution in [0.25, 0.3) is 108 Å². The van der Waals surface area contributed by atoms with Gasteiger partial charge in [-0.2, -0.15) is 0 Å². The predicted molar refractivity (Wildman–Crippen MR) is 195 cm³/mol. The van der Waals surface area contributed by atoms with Gasteiger partial charge in [0.15, 0.2) is 0 Å². The molecular formula is C43H23NOS. The van der Waals surface area contributed by atoms with E-state index in [9.17, 15) is 0 Å². The molecular weight excluding hydrogens is 579 g/mol. The van der Waals surface area contributed by atoms with Crippen LogP contribution in [0.2, 0.25) is 0 Å². The van der Waals surface area contributed by atoms with Gasteiger partial charge in [-0.15, -0.1) is 11.3 Å². The maximum absolute atomic E-state index is 6.42. The van der Waals surface area contributed by atoms with E-state index in [0.29, 0.717) is 0 Å². The molecule has 0 saturated carbocycles. The van der Waals surface area contributed by atoms with E-state index in [-0.39, 0.29) is 0 Å². The molecule has 10 aromatic rings. The van der Waals surface area contributed by atoms with E-state index >= 15 is 0 Å². The Balaban J connectivity index is 1.13. The van der Waals surface area contributed by atoms with Crippen LogP contribution in [0.4, 0.5) is 0 Å². The highest BCUT2D eigenvalue weighted by molar-refractivity contribution is 7.22. The van der Waals surface area contributed by atoms with Crippen LogP contribution < -0.4 is 0 Å². The van der Waals surface area contributed by atoms with E-state index in [1.165, 1.54) is 75.8 Å². The molecule has 0 radical (unpaired) electrons. The molecule has 0 saturated heterocycles. The fourth-order valence-electron chi connectivity index (χ4n) is 7.68. The molecule has 0 unspecified atom stereocenters. The topological polar surface area (TPSA) is 26.0 Å². The third-order valence-electron chi connectivity index (χ3n) is 9.81. The van der Waals surface area contributed by atoms with Crippen molar-refractivity contribution in [2.75, 3.05) is 0 Å². The SMILES string of the molecule is c1ccc(-c2nc3ccc4ccc5ccc(-c6ccc7c(c6)-c6cc8c9ccccc9oc8c8cccc-7c68)cc5c4c3s2)cc1. The van der Waals surface area contributed by atoms with E-state index in [0.717, 1.165) is 32.6 Å². The summed E-state index contributed by atoms with van der Waals surface area (Å²) in [5, 5.41) is 10.9. The van der Waals surface area contributed by atoms with E-state index in [1.54, 1.807) is 11.3 Å². The molecule has 2 nitrogen and oxygen atoms in total. The van der Waals surface area contributed by atoms with Crippen molar-refractivity contribution < 1.29 is 4.42 Å². The zero-order valence-electron chi connectivity index (χ0n) is 24.5. The van der Waals surface area contributed by atoms with Crippen molar-refractivity contribution in [3.05, 3.63) is 140 Å². The van der Waals surface area contributed by atoms with E-state index < -0.39 is 0 Å². The molecule has 1 aliphatic rings. The molecule has 46 heavy (non-hydrogen) atoms. The van der Waals surface area contributed by atoms with Crippen molar-refractivity contribution in [1.82, 2.24) is 4.98 Å². The molecule has 0 fully saturated rings. The van der Waals surface area contributed by atoms with Crippen molar-refractivity contribution in [2.45, 2.75) is 0 Å². The summed E-state index contributed by atoms with van der Waals surface area (Å²) in [6.07, 6.45) is 0. The van der Waals surface area contributed by atoms with Crippen molar-refractivity contribution >= 4 is 75.8 Å². The van der Waals surface area contributed by atoms with Crippen molar-refractivity contribution in [1.29, 1.82) is 0 Å². The van der Waals surface area contributed by atoms with Gasteiger partial charge in [-0.05, 0) is 79.9 Å². The van der Waals surface area contributed by atoms with Crippen LogP contribution in [0.5, 0.6) is 0 Å². The first-order valence-corrected chi connectivity index (χ1v) is 16.4. The Morgan fingerprint density at radius 2 is 1.24 bits per heavy atom. The Bertz CT molecular complexity index is 2910. The fourth-order valence-corrected chi connectivity index (χ4v) is 8.82. The third kappa shape index (κ3) is 3.27. The summed E-state index contributed by atoms with van der Waals surface area (Å²) in [7, 11) is 0. The monoisotopic (exact) mass is 601 g/mol. The lowest BCUT2D eigenvalue weighted by Crippen LogP contribution is -1.84. The Labute approximate surface area is 267 Å². The number of hydrogen-bond acceptors (Lipinski definition) is 3. The summed E-state index contributed by atoms with van der Waals surface area (Å²) in [6.45, 7) is 0. The number of rotatable bonds is 2. The van der Waals surface area contributed by atoms with Crippen LogP contribution >= 0.6 is 11.3 Å². The molecule has 212 valence electrons. The van der Waals surface area contributed by atoms with Crippen LogP contribution in [-0.2, 0) is 0 Å². The predicted octanol–water partition coefficient (Wildman–Crippen LogP) is 12.6. The summed E-state index contributed by atoms with van der Waals surface area (Å²) in [4.78, 5) is 5.05. The number of aromatic nitrogens is 1. The van der Waals surface area contributed by atoms with Gasteiger partial charge in [0.25, 0.3) is 0 Å². The molecule has 0 N–H and O–H groups in total. The molecule has 0 spiro atoms. The van der Waals surface area contributed by atoms with Gasteiger partial charge in [-0.3, -0.25) is 0 Å². The van der Waals surface area contributed by atoms with E-state index in [1.807, 2.05) is 6.07 Å². The summed E-state index contributed by atoms with van der Waals surface area (Å²) >= 11 is 1.79. The number of nitrogens with zero attached hydrogens (tertiary/aromatic N) is 1. The van der Waals surface area contributed by atoms with E-state index in [4.69, 9.17) is 9.40 Å². The van der Waals surface area contributed by atoms with Crippen LogP contribution in [0.1, 0.15) is 0 Å². The van der Waals surface area contributed by atoms with Gasteiger partial charge in [0.05, 0.1) is 10.2 Å². The Kier molecular flexibility index (Phi) is 4.75. The highest BCUT2D eigenvalue weighted by atomic mass is 32.1. The van der Waals surface area contributed by atoms with Gasteiger partial charge in [-0.1, -0.05) is 109 Å². The largest absolute Gasteiger partial charge is 0.455 e. The summed E-state index contributed by atoms with van der Waals surface area (Å²) < 4.78 is 7.67. The lowest BCUT2D eigenvalue weighted by molar-refractivity contribution is 0.672. The molecule has 0 aliphatic heterocycles. The van der Waals surface area contributed by atoms with Crippen LogP contribution in [0, 0.1) is 0 Å². The molecule has 0 atom stereocenters. The minimum absolute atomic E-state index is 0.935. The van der Waals surface area contributed by atoms with Crippen molar-refractivity contribution in [2.24, 2.45) is 0 Å². The van der Waals surface area contributed by atoms with Crippen LogP contribution in [0.3, 0.4) is 0 Å². The molecule has 0 bridgehead atoms. The average Bonchev–Trinajstić information content (AvgIpc) is 3.81. The first kappa shape index (κ1) is 24.5. The maximum Gasteiger partial charge on any atom is 0.143 e. The van der Waals surface area contributed by atoms with Gasteiger partial charge in [-0.25, -0.2) is 4.98 Å². The van der Waals surface area contributed by atoms with Crippen LogP contribution in [-0.4, -0.2) is 4.98 Å². The van der Waals surface area contributed by atoms with Crippen molar-refractivity contribution in [3.63, 3.8) is 0 Å². The molecule has 11 rings (SSSR count). The zero-order valence-corrected chi connectivity index (χ0v) is 25.4. The number of fused-ring (bicyclic) bond motifs is 12. The number of furan rings is 1. The Morgan fingerprint density at radius 1 is 0.457 bits per heavy atom. The Hall–Kier alpha value is -5.77. The quantitative estimate of drug-likeness (QED) is 0.184. The summed E-state index contributed by atoms with van der Waals surface area (Å²) in [5.41, 5.74) is 11.7. The molecule has 8 aromatic carbocycles. The zero-order chi connectivity index (χ0) is 29.9. The normalized spacial score (nSPS) is 12.3. The van der Waals surface area contributed by atoms with Gasteiger partial charge in [0.1, 0.15) is 16.2 Å². The maximum atomic E-state index is 6.42. The second kappa shape index (κ2) is 8.91. The third-order valence-corrected chi connectivity index (χ3v) is 10.9. The lowest BCUT2D eigenvalue weighted by atomic mass is 9.94. The second-order valence-corrected chi connectivity index (χ2v) is 13.3. The number of hydrogen-bond donors (Lipinski definition) is 0.